The number of H-pyrrole nitrogens is 1. The molecule has 0 atom stereocenters. The van der Waals surface area contributed by atoms with E-state index in [1.54, 1.807) is 12.4 Å². The summed E-state index contributed by atoms with van der Waals surface area (Å²) in [7, 11) is 0. The highest BCUT2D eigenvalue weighted by atomic mass is 16.2. The molecule has 0 saturated heterocycles. The number of benzene rings is 2. The molecule has 0 saturated carbocycles. The van der Waals surface area contributed by atoms with Crippen molar-refractivity contribution in [3.05, 3.63) is 77.5 Å². The van der Waals surface area contributed by atoms with Crippen molar-refractivity contribution in [2.75, 3.05) is 6.54 Å². The van der Waals surface area contributed by atoms with E-state index in [0.717, 1.165) is 46.6 Å². The van der Waals surface area contributed by atoms with Crippen LogP contribution < -0.4 is 0 Å². The Hall–Kier alpha value is -3.54. The van der Waals surface area contributed by atoms with Crippen LogP contribution in [0.15, 0.2) is 54.9 Å². The third-order valence-corrected chi connectivity index (χ3v) is 5.53. The topological polar surface area (TPSA) is 74.8 Å². The van der Waals surface area contributed by atoms with Crippen LogP contribution >= 0.6 is 0 Å². The Bertz CT molecular complexity index is 1190. The van der Waals surface area contributed by atoms with Gasteiger partial charge in [-0.2, -0.15) is 5.10 Å². The molecule has 1 amide bonds. The number of aryl methyl sites for hydroxylation is 1. The molecule has 0 fully saturated rings. The molecule has 0 bridgehead atoms. The monoisotopic (exact) mass is 383 g/mol. The first-order chi connectivity index (χ1) is 14.2. The number of fused-ring (bicyclic) bond motifs is 2. The van der Waals surface area contributed by atoms with Crippen molar-refractivity contribution in [3.8, 4) is 11.3 Å². The summed E-state index contributed by atoms with van der Waals surface area (Å²) < 4.78 is 0. The van der Waals surface area contributed by atoms with Crippen LogP contribution in [-0.4, -0.2) is 37.5 Å². The first-order valence-electron chi connectivity index (χ1n) is 9.89. The number of rotatable bonds is 3. The lowest BCUT2D eigenvalue weighted by Crippen LogP contribution is -2.36. The highest BCUT2D eigenvalue weighted by molar-refractivity contribution is 5.97. The van der Waals surface area contributed by atoms with E-state index in [1.807, 2.05) is 24.0 Å². The standard InChI is InChI=1S/C23H21N5O/c1-2-21-24-12-16(13-25-21)23(29)28-11-10-20-19(14-28)22(27-26-20)18-9-5-7-15-6-3-4-8-17(15)18/h3-9,12-13H,2,10-11,14H2,1H3,(H,26,27). The van der Waals surface area contributed by atoms with Gasteiger partial charge in [0.05, 0.1) is 11.3 Å². The molecule has 0 spiro atoms. The van der Waals surface area contributed by atoms with Gasteiger partial charge in [0.2, 0.25) is 0 Å². The molecule has 0 radical (unpaired) electrons. The molecule has 1 aliphatic heterocycles. The molecule has 4 aromatic rings. The average Bonchev–Trinajstić information content (AvgIpc) is 3.21. The number of hydrogen-bond acceptors (Lipinski definition) is 4. The maximum Gasteiger partial charge on any atom is 0.257 e. The summed E-state index contributed by atoms with van der Waals surface area (Å²) in [6.45, 7) is 3.17. The fourth-order valence-corrected chi connectivity index (χ4v) is 3.95. The van der Waals surface area contributed by atoms with E-state index in [9.17, 15) is 4.79 Å². The summed E-state index contributed by atoms with van der Waals surface area (Å²) in [4.78, 5) is 23.4. The smallest absolute Gasteiger partial charge is 0.257 e. The minimum absolute atomic E-state index is 0.0385. The van der Waals surface area contributed by atoms with Crippen LogP contribution in [-0.2, 0) is 19.4 Å². The summed E-state index contributed by atoms with van der Waals surface area (Å²) >= 11 is 0. The Balaban J connectivity index is 1.49. The van der Waals surface area contributed by atoms with E-state index < -0.39 is 0 Å². The minimum atomic E-state index is -0.0385. The molecule has 5 rings (SSSR count). The average molecular weight is 383 g/mol. The highest BCUT2D eigenvalue weighted by Crippen LogP contribution is 2.33. The summed E-state index contributed by atoms with van der Waals surface area (Å²) in [5, 5.41) is 10.2. The van der Waals surface area contributed by atoms with E-state index in [2.05, 4.69) is 50.5 Å². The lowest BCUT2D eigenvalue weighted by Gasteiger charge is -2.27. The largest absolute Gasteiger partial charge is 0.334 e. The lowest BCUT2D eigenvalue weighted by molar-refractivity contribution is 0.0733. The summed E-state index contributed by atoms with van der Waals surface area (Å²) in [6, 6.07) is 14.6. The normalized spacial score (nSPS) is 13.5. The van der Waals surface area contributed by atoms with Crippen molar-refractivity contribution in [1.82, 2.24) is 25.1 Å². The molecule has 29 heavy (non-hydrogen) atoms. The fraction of sp³-hybridized carbons (Fsp3) is 0.217. The number of amides is 1. The Morgan fingerprint density at radius 1 is 1.10 bits per heavy atom. The zero-order valence-electron chi connectivity index (χ0n) is 16.2. The predicted octanol–water partition coefficient (Wildman–Crippen LogP) is 3.78. The summed E-state index contributed by atoms with van der Waals surface area (Å²) in [5.41, 5.74) is 4.74. The van der Waals surface area contributed by atoms with Crippen LogP contribution in [0.3, 0.4) is 0 Å². The van der Waals surface area contributed by atoms with E-state index >= 15 is 0 Å². The maximum atomic E-state index is 13.0. The van der Waals surface area contributed by atoms with Gasteiger partial charge in [-0.1, -0.05) is 49.4 Å². The Labute approximate surface area is 168 Å². The second-order valence-corrected chi connectivity index (χ2v) is 7.27. The van der Waals surface area contributed by atoms with Crippen LogP contribution in [0, 0.1) is 0 Å². The highest BCUT2D eigenvalue weighted by Gasteiger charge is 2.27. The van der Waals surface area contributed by atoms with Crippen LogP contribution in [0.2, 0.25) is 0 Å². The zero-order valence-corrected chi connectivity index (χ0v) is 16.2. The maximum absolute atomic E-state index is 13.0. The first kappa shape index (κ1) is 17.6. The third kappa shape index (κ3) is 3.06. The van der Waals surface area contributed by atoms with Gasteiger partial charge in [0.1, 0.15) is 5.82 Å². The van der Waals surface area contributed by atoms with Crippen LogP contribution in [0.5, 0.6) is 0 Å². The molecule has 3 heterocycles. The quantitative estimate of drug-likeness (QED) is 0.584. The van der Waals surface area contributed by atoms with Crippen molar-refractivity contribution in [3.63, 3.8) is 0 Å². The van der Waals surface area contributed by atoms with Gasteiger partial charge < -0.3 is 4.90 Å². The van der Waals surface area contributed by atoms with E-state index in [4.69, 9.17) is 0 Å². The van der Waals surface area contributed by atoms with Crippen LogP contribution in [0.4, 0.5) is 0 Å². The molecule has 1 N–H and O–H groups in total. The van der Waals surface area contributed by atoms with Gasteiger partial charge in [-0.3, -0.25) is 9.89 Å². The van der Waals surface area contributed by atoms with Gasteiger partial charge in [-0.15, -0.1) is 0 Å². The van der Waals surface area contributed by atoms with Crippen molar-refractivity contribution < 1.29 is 4.79 Å². The second kappa shape index (κ2) is 7.13. The van der Waals surface area contributed by atoms with E-state index in [-0.39, 0.29) is 5.91 Å². The Morgan fingerprint density at radius 2 is 1.90 bits per heavy atom. The summed E-state index contributed by atoms with van der Waals surface area (Å²) in [6.07, 6.45) is 4.77. The molecule has 6 nitrogen and oxygen atoms in total. The molecule has 0 aliphatic carbocycles. The molecule has 2 aromatic heterocycles. The molecule has 2 aromatic carbocycles. The number of aromatic nitrogens is 4. The van der Waals surface area contributed by atoms with Gasteiger partial charge >= 0.3 is 0 Å². The van der Waals surface area contributed by atoms with Gasteiger partial charge in [-0.25, -0.2) is 9.97 Å². The van der Waals surface area contributed by atoms with Gasteiger partial charge in [-0.05, 0) is 10.8 Å². The Kier molecular flexibility index (Phi) is 4.31. The van der Waals surface area contributed by atoms with Gasteiger partial charge in [0.15, 0.2) is 0 Å². The molecular formula is C23H21N5O. The van der Waals surface area contributed by atoms with Crippen LogP contribution in [0.1, 0.15) is 34.4 Å². The minimum Gasteiger partial charge on any atom is -0.334 e. The first-order valence-corrected chi connectivity index (χ1v) is 9.89. The number of carbonyl (C=O) groups excluding carboxylic acids is 1. The lowest BCUT2D eigenvalue weighted by atomic mass is 9.96. The fourth-order valence-electron chi connectivity index (χ4n) is 3.95. The van der Waals surface area contributed by atoms with Crippen LogP contribution in [0.25, 0.3) is 22.0 Å². The number of hydrogen-bond donors (Lipinski definition) is 1. The summed E-state index contributed by atoms with van der Waals surface area (Å²) in [5.74, 6) is 0.707. The zero-order chi connectivity index (χ0) is 19.8. The molecule has 0 unspecified atom stereocenters. The molecule has 1 aliphatic rings. The molecule has 144 valence electrons. The SMILES string of the molecule is CCc1ncc(C(=O)N2CCc3[nH]nc(-c4cccc5ccccc45)c3C2)cn1. The molecular weight excluding hydrogens is 362 g/mol. The van der Waals surface area contributed by atoms with E-state index in [0.29, 0.717) is 18.7 Å². The van der Waals surface area contributed by atoms with Gasteiger partial charge in [0, 0.05) is 55.1 Å². The number of aromatic amines is 1. The molecule has 6 heteroatoms. The van der Waals surface area contributed by atoms with Crippen molar-refractivity contribution in [2.45, 2.75) is 26.3 Å². The number of carbonyl (C=O) groups is 1. The van der Waals surface area contributed by atoms with Gasteiger partial charge in [0.25, 0.3) is 5.91 Å². The second-order valence-electron chi connectivity index (χ2n) is 7.27. The predicted molar refractivity (Wildman–Crippen MR) is 111 cm³/mol. The number of nitrogens with zero attached hydrogens (tertiary/aromatic N) is 4. The van der Waals surface area contributed by atoms with Crippen molar-refractivity contribution in [1.29, 1.82) is 0 Å². The van der Waals surface area contributed by atoms with E-state index in [1.165, 1.54) is 5.39 Å². The third-order valence-electron chi connectivity index (χ3n) is 5.53. The number of nitrogens with one attached hydrogen (secondary N) is 1. The van der Waals surface area contributed by atoms with Crippen molar-refractivity contribution >= 4 is 16.7 Å². The van der Waals surface area contributed by atoms with Crippen molar-refractivity contribution in [2.24, 2.45) is 0 Å². The Morgan fingerprint density at radius 3 is 2.72 bits per heavy atom.